The van der Waals surface area contributed by atoms with E-state index in [-0.39, 0.29) is 24.4 Å². The minimum atomic E-state index is -0.247. The summed E-state index contributed by atoms with van der Waals surface area (Å²) in [6, 6.07) is 5.01. The van der Waals surface area contributed by atoms with Gasteiger partial charge >= 0.3 is 6.03 Å². The van der Waals surface area contributed by atoms with Crippen molar-refractivity contribution >= 4 is 17.6 Å². The van der Waals surface area contributed by atoms with Crippen molar-refractivity contribution in [1.29, 1.82) is 0 Å². The lowest BCUT2D eigenvalue weighted by atomic mass is 10.2. The number of amides is 3. The predicted molar refractivity (Wildman–Crippen MR) is 93.3 cm³/mol. The number of anilines is 1. The maximum absolute atomic E-state index is 12.3. The highest BCUT2D eigenvalue weighted by molar-refractivity contribution is 5.97. The van der Waals surface area contributed by atoms with Crippen LogP contribution in [0, 0.1) is 0 Å². The maximum Gasteiger partial charge on any atom is 0.315 e. The zero-order chi connectivity index (χ0) is 17.8. The summed E-state index contributed by atoms with van der Waals surface area (Å²) in [6.45, 7) is 2.80. The van der Waals surface area contributed by atoms with Crippen LogP contribution in [0.3, 0.4) is 0 Å². The molecule has 1 fully saturated rings. The number of ether oxygens (including phenoxy) is 2. The lowest BCUT2D eigenvalue weighted by molar-refractivity contribution is -0.117. The summed E-state index contributed by atoms with van der Waals surface area (Å²) >= 11 is 0. The Labute approximate surface area is 147 Å². The van der Waals surface area contributed by atoms with Gasteiger partial charge in [0.25, 0.3) is 0 Å². The summed E-state index contributed by atoms with van der Waals surface area (Å²) in [6.07, 6.45) is 0.287. The van der Waals surface area contributed by atoms with Gasteiger partial charge in [0.15, 0.2) is 11.5 Å². The Morgan fingerprint density at radius 2 is 2.04 bits per heavy atom. The highest BCUT2D eigenvalue weighted by atomic mass is 16.6. The molecule has 0 spiro atoms. The molecule has 0 saturated carbocycles. The highest BCUT2D eigenvalue weighted by Gasteiger charge is 2.32. The Balaban J connectivity index is 1.56. The van der Waals surface area contributed by atoms with Crippen molar-refractivity contribution in [2.45, 2.75) is 12.5 Å². The van der Waals surface area contributed by atoms with E-state index in [0.717, 1.165) is 12.2 Å². The molecule has 0 aliphatic carbocycles. The molecule has 1 unspecified atom stereocenters. The van der Waals surface area contributed by atoms with Gasteiger partial charge in [0.2, 0.25) is 5.91 Å². The third-order valence-corrected chi connectivity index (χ3v) is 4.14. The van der Waals surface area contributed by atoms with Gasteiger partial charge in [-0.3, -0.25) is 4.79 Å². The smallest absolute Gasteiger partial charge is 0.315 e. The minimum absolute atomic E-state index is 0.0183. The van der Waals surface area contributed by atoms with Gasteiger partial charge in [-0.2, -0.15) is 0 Å². The van der Waals surface area contributed by atoms with Crippen molar-refractivity contribution in [3.05, 3.63) is 18.2 Å². The molecule has 8 heteroatoms. The number of nitrogens with zero attached hydrogens (tertiary/aromatic N) is 2. The van der Waals surface area contributed by atoms with Crippen LogP contribution in [0.5, 0.6) is 11.5 Å². The predicted octanol–water partition coefficient (Wildman–Crippen LogP) is 0.424. The first-order valence-electron chi connectivity index (χ1n) is 8.42. The zero-order valence-electron chi connectivity index (χ0n) is 14.6. The van der Waals surface area contributed by atoms with Crippen LogP contribution >= 0.6 is 0 Å². The van der Waals surface area contributed by atoms with Crippen molar-refractivity contribution in [3.8, 4) is 11.5 Å². The molecule has 1 aromatic rings. The molecule has 3 amide bonds. The van der Waals surface area contributed by atoms with E-state index >= 15 is 0 Å². The summed E-state index contributed by atoms with van der Waals surface area (Å²) < 4.78 is 11.1. The molecule has 2 aliphatic rings. The third-order valence-electron chi connectivity index (χ3n) is 4.14. The second-order valence-corrected chi connectivity index (χ2v) is 6.44. The molecule has 8 nitrogen and oxygen atoms in total. The number of likely N-dealkylation sites (N-methyl/N-ethyl adjacent to an activating group) is 1. The quantitative estimate of drug-likeness (QED) is 0.806. The first kappa shape index (κ1) is 17.3. The van der Waals surface area contributed by atoms with Gasteiger partial charge in [-0.05, 0) is 26.2 Å². The number of benzene rings is 1. The van der Waals surface area contributed by atoms with E-state index in [2.05, 4.69) is 10.6 Å². The van der Waals surface area contributed by atoms with Gasteiger partial charge in [0, 0.05) is 37.8 Å². The molecule has 2 aliphatic heterocycles. The van der Waals surface area contributed by atoms with E-state index in [9.17, 15) is 9.59 Å². The second-order valence-electron chi connectivity index (χ2n) is 6.44. The first-order chi connectivity index (χ1) is 12.0. The number of hydrogen-bond donors (Lipinski definition) is 2. The topological polar surface area (TPSA) is 83.1 Å². The molecule has 2 heterocycles. The Bertz CT molecular complexity index is 650. The minimum Gasteiger partial charge on any atom is -0.486 e. The molecule has 1 atom stereocenters. The van der Waals surface area contributed by atoms with Gasteiger partial charge in [-0.25, -0.2) is 4.79 Å². The third kappa shape index (κ3) is 4.33. The summed E-state index contributed by atoms with van der Waals surface area (Å²) in [4.78, 5) is 27.9. The van der Waals surface area contributed by atoms with Crippen LogP contribution in [-0.2, 0) is 4.79 Å². The normalized spacial score (nSPS) is 19.2. The molecule has 1 aromatic carbocycles. The lowest BCUT2D eigenvalue weighted by Gasteiger charge is -2.22. The second kappa shape index (κ2) is 7.60. The highest BCUT2D eigenvalue weighted by Crippen LogP contribution is 2.35. The number of hydrogen-bond acceptors (Lipinski definition) is 5. The van der Waals surface area contributed by atoms with Gasteiger partial charge in [-0.15, -0.1) is 0 Å². The fraction of sp³-hybridized carbons (Fsp3) is 0.529. The van der Waals surface area contributed by atoms with Crippen molar-refractivity contribution in [3.63, 3.8) is 0 Å². The fourth-order valence-corrected chi connectivity index (χ4v) is 2.88. The van der Waals surface area contributed by atoms with E-state index in [4.69, 9.17) is 9.47 Å². The number of rotatable bonds is 5. The van der Waals surface area contributed by atoms with Crippen molar-refractivity contribution < 1.29 is 19.1 Å². The maximum atomic E-state index is 12.3. The Hall–Kier alpha value is -2.48. The molecule has 1 saturated heterocycles. The monoisotopic (exact) mass is 348 g/mol. The van der Waals surface area contributed by atoms with Crippen LogP contribution in [-0.4, -0.2) is 69.8 Å². The van der Waals surface area contributed by atoms with Crippen molar-refractivity contribution in [2.24, 2.45) is 0 Å². The SMILES string of the molecule is CN(C)CCNC(=O)NC1CC(=O)N(c2ccc3c(c2)OCCO3)C1. The number of nitrogens with one attached hydrogen (secondary N) is 2. The van der Waals surface area contributed by atoms with Crippen LogP contribution in [0.2, 0.25) is 0 Å². The largest absolute Gasteiger partial charge is 0.486 e. The fourth-order valence-electron chi connectivity index (χ4n) is 2.88. The van der Waals surface area contributed by atoms with Crippen molar-refractivity contribution in [2.75, 3.05) is 51.8 Å². The van der Waals surface area contributed by atoms with E-state index in [1.54, 1.807) is 4.90 Å². The average Bonchev–Trinajstić information content (AvgIpc) is 2.94. The van der Waals surface area contributed by atoms with E-state index in [0.29, 0.717) is 37.8 Å². The summed E-state index contributed by atoms with van der Waals surface area (Å²) in [5.41, 5.74) is 0.756. The van der Waals surface area contributed by atoms with E-state index in [1.807, 2.05) is 37.2 Å². The van der Waals surface area contributed by atoms with Crippen molar-refractivity contribution in [1.82, 2.24) is 15.5 Å². The van der Waals surface area contributed by atoms with Gasteiger partial charge < -0.3 is 29.9 Å². The molecule has 0 bridgehead atoms. The van der Waals surface area contributed by atoms with Crippen LogP contribution < -0.4 is 25.0 Å². The van der Waals surface area contributed by atoms with Gasteiger partial charge in [-0.1, -0.05) is 0 Å². The average molecular weight is 348 g/mol. The molecule has 0 radical (unpaired) electrons. The lowest BCUT2D eigenvalue weighted by Crippen LogP contribution is -2.45. The molecule has 25 heavy (non-hydrogen) atoms. The van der Waals surface area contributed by atoms with Crippen LogP contribution in [0.25, 0.3) is 0 Å². The Morgan fingerprint density at radius 1 is 1.28 bits per heavy atom. The zero-order valence-corrected chi connectivity index (χ0v) is 14.6. The van der Waals surface area contributed by atoms with Gasteiger partial charge in [0.1, 0.15) is 13.2 Å². The van der Waals surface area contributed by atoms with Crippen LogP contribution in [0.15, 0.2) is 18.2 Å². The number of fused-ring (bicyclic) bond motifs is 1. The molecular weight excluding hydrogens is 324 g/mol. The summed E-state index contributed by atoms with van der Waals surface area (Å²) in [7, 11) is 3.89. The summed E-state index contributed by atoms with van der Waals surface area (Å²) in [5, 5.41) is 5.65. The first-order valence-corrected chi connectivity index (χ1v) is 8.42. The summed E-state index contributed by atoms with van der Waals surface area (Å²) in [5.74, 6) is 1.32. The number of carbonyl (C=O) groups is 2. The Kier molecular flexibility index (Phi) is 5.28. The van der Waals surface area contributed by atoms with E-state index < -0.39 is 0 Å². The molecule has 0 aromatic heterocycles. The Morgan fingerprint density at radius 3 is 2.80 bits per heavy atom. The van der Waals surface area contributed by atoms with E-state index in [1.165, 1.54) is 0 Å². The molecule has 2 N–H and O–H groups in total. The number of carbonyl (C=O) groups excluding carboxylic acids is 2. The van der Waals surface area contributed by atoms with Crippen LogP contribution in [0.1, 0.15) is 6.42 Å². The standard InChI is InChI=1S/C17H24N4O4/c1-20(2)6-5-18-17(23)19-12-9-16(22)21(11-12)13-3-4-14-15(10-13)25-8-7-24-14/h3-4,10,12H,5-9,11H2,1-2H3,(H2,18,19,23). The van der Waals surface area contributed by atoms with Gasteiger partial charge in [0.05, 0.1) is 6.04 Å². The molecule has 136 valence electrons. The molecular formula is C17H24N4O4. The van der Waals surface area contributed by atoms with Crippen LogP contribution in [0.4, 0.5) is 10.5 Å². The number of urea groups is 1. The molecule has 3 rings (SSSR count).